The van der Waals surface area contributed by atoms with E-state index in [9.17, 15) is 4.79 Å². The highest BCUT2D eigenvalue weighted by atomic mass is 32.1. The number of benzene rings is 1. The number of nitrogens with zero attached hydrogens (tertiary/aromatic N) is 3. The Morgan fingerprint density at radius 3 is 2.95 bits per heavy atom. The normalized spacial score (nSPS) is 10.8. The minimum atomic E-state index is -0.260. The van der Waals surface area contributed by atoms with Crippen LogP contribution in [0.1, 0.15) is 28.7 Å². The van der Waals surface area contributed by atoms with Crippen LogP contribution < -0.4 is 5.32 Å². The van der Waals surface area contributed by atoms with Crippen LogP contribution in [0.5, 0.6) is 0 Å². The Bertz CT molecular complexity index is 812. The predicted molar refractivity (Wildman–Crippen MR) is 83.7 cm³/mol. The van der Waals surface area contributed by atoms with Gasteiger partial charge >= 0.3 is 0 Å². The zero-order chi connectivity index (χ0) is 14.8. The first-order chi connectivity index (χ1) is 10.2. The molecular weight excluding hydrogens is 284 g/mol. The summed E-state index contributed by atoms with van der Waals surface area (Å²) in [6.07, 6.45) is 2.18. The van der Waals surface area contributed by atoms with E-state index in [0.717, 1.165) is 27.9 Å². The van der Waals surface area contributed by atoms with Crippen molar-refractivity contribution in [3.8, 4) is 0 Å². The van der Waals surface area contributed by atoms with Crippen molar-refractivity contribution in [3.63, 3.8) is 0 Å². The highest BCUT2D eigenvalue weighted by Crippen LogP contribution is 2.28. The van der Waals surface area contributed by atoms with Gasteiger partial charge in [-0.2, -0.15) is 0 Å². The molecule has 0 atom stereocenters. The van der Waals surface area contributed by atoms with Gasteiger partial charge in [-0.3, -0.25) is 10.1 Å². The summed E-state index contributed by atoms with van der Waals surface area (Å²) in [5, 5.41) is 3.39. The number of anilines is 1. The van der Waals surface area contributed by atoms with E-state index in [4.69, 9.17) is 0 Å². The third-order valence-electron chi connectivity index (χ3n) is 3.16. The Kier molecular flexibility index (Phi) is 3.62. The molecule has 0 aliphatic rings. The second-order valence-corrected chi connectivity index (χ2v) is 5.67. The summed E-state index contributed by atoms with van der Waals surface area (Å²) in [6, 6.07) is 7.69. The van der Waals surface area contributed by atoms with Crippen molar-refractivity contribution in [3.05, 3.63) is 47.5 Å². The largest absolute Gasteiger partial charge is 0.296 e. The zero-order valence-electron chi connectivity index (χ0n) is 11.8. The fourth-order valence-corrected chi connectivity index (χ4v) is 2.95. The minimum absolute atomic E-state index is 0.260. The van der Waals surface area contributed by atoms with E-state index in [-0.39, 0.29) is 5.91 Å². The van der Waals surface area contributed by atoms with Gasteiger partial charge in [0.1, 0.15) is 12.0 Å². The number of nitrogens with one attached hydrogen (secondary N) is 1. The van der Waals surface area contributed by atoms with E-state index in [1.165, 1.54) is 17.7 Å². The van der Waals surface area contributed by atoms with Crippen LogP contribution in [-0.2, 0) is 6.42 Å². The van der Waals surface area contributed by atoms with Crippen LogP contribution in [-0.4, -0.2) is 20.9 Å². The molecule has 0 spiro atoms. The van der Waals surface area contributed by atoms with Crippen LogP contribution in [0.2, 0.25) is 0 Å². The number of thiazole rings is 1. The topological polar surface area (TPSA) is 67.8 Å². The summed E-state index contributed by atoms with van der Waals surface area (Å²) < 4.78 is 1.06. The highest BCUT2D eigenvalue weighted by Gasteiger charge is 2.12. The van der Waals surface area contributed by atoms with E-state index in [1.54, 1.807) is 6.07 Å². The van der Waals surface area contributed by atoms with Gasteiger partial charge in [0.15, 0.2) is 5.13 Å². The Balaban J connectivity index is 1.87. The summed E-state index contributed by atoms with van der Waals surface area (Å²) in [6.45, 7) is 3.99. The standard InChI is InChI=1S/C15H14N4OS/c1-3-10-7-11(17-8-16-10)14(20)19-15-18-13-9(2)5-4-6-12(13)21-15/h4-8H,3H2,1-2H3,(H,18,19,20). The maximum absolute atomic E-state index is 12.2. The maximum Gasteiger partial charge on any atom is 0.276 e. The molecule has 1 aromatic carbocycles. The SMILES string of the molecule is CCc1cc(C(=O)Nc2nc3c(C)cccc3s2)ncn1. The van der Waals surface area contributed by atoms with Crippen molar-refractivity contribution in [1.29, 1.82) is 0 Å². The lowest BCUT2D eigenvalue weighted by molar-refractivity contribution is 0.102. The first-order valence-electron chi connectivity index (χ1n) is 6.66. The molecule has 0 aliphatic carbocycles. The molecule has 0 saturated carbocycles. The van der Waals surface area contributed by atoms with Crippen LogP contribution in [0, 0.1) is 6.92 Å². The molecule has 0 radical (unpaired) electrons. The number of hydrogen-bond donors (Lipinski definition) is 1. The van der Waals surface area contributed by atoms with Crippen molar-refractivity contribution in [2.45, 2.75) is 20.3 Å². The van der Waals surface area contributed by atoms with E-state index < -0.39 is 0 Å². The van der Waals surface area contributed by atoms with E-state index in [2.05, 4.69) is 20.3 Å². The highest BCUT2D eigenvalue weighted by molar-refractivity contribution is 7.22. The van der Waals surface area contributed by atoms with Crippen molar-refractivity contribution < 1.29 is 4.79 Å². The number of amides is 1. The molecule has 2 aromatic heterocycles. The fraction of sp³-hybridized carbons (Fsp3) is 0.200. The van der Waals surface area contributed by atoms with Gasteiger partial charge in [0.2, 0.25) is 0 Å². The molecule has 0 unspecified atom stereocenters. The lowest BCUT2D eigenvalue weighted by Gasteiger charge is -2.01. The molecule has 0 bridgehead atoms. The summed E-state index contributed by atoms with van der Waals surface area (Å²) in [5.74, 6) is -0.260. The lowest BCUT2D eigenvalue weighted by Crippen LogP contribution is -2.14. The maximum atomic E-state index is 12.2. The molecule has 5 nitrogen and oxygen atoms in total. The number of carbonyl (C=O) groups is 1. The van der Waals surface area contributed by atoms with Crippen molar-refractivity contribution in [2.24, 2.45) is 0 Å². The van der Waals surface area contributed by atoms with Gasteiger partial charge in [-0.1, -0.05) is 30.4 Å². The smallest absolute Gasteiger partial charge is 0.276 e. The fourth-order valence-electron chi connectivity index (χ4n) is 2.02. The van der Waals surface area contributed by atoms with Crippen LogP contribution in [0.15, 0.2) is 30.6 Å². The number of para-hydroxylation sites is 1. The molecule has 106 valence electrons. The summed E-state index contributed by atoms with van der Waals surface area (Å²) >= 11 is 1.46. The third-order valence-corrected chi connectivity index (χ3v) is 4.10. The number of aryl methyl sites for hydroxylation is 2. The summed E-state index contributed by atoms with van der Waals surface area (Å²) in [5.41, 5.74) is 3.22. The molecule has 6 heteroatoms. The van der Waals surface area contributed by atoms with Crippen LogP contribution >= 0.6 is 11.3 Å². The molecule has 0 fully saturated rings. The zero-order valence-corrected chi connectivity index (χ0v) is 12.6. The van der Waals surface area contributed by atoms with Gasteiger partial charge in [-0.25, -0.2) is 15.0 Å². The molecule has 2 heterocycles. The average molecular weight is 298 g/mol. The van der Waals surface area contributed by atoms with Crippen molar-refractivity contribution in [2.75, 3.05) is 5.32 Å². The van der Waals surface area contributed by atoms with Crippen LogP contribution in [0.25, 0.3) is 10.2 Å². The summed E-state index contributed by atoms with van der Waals surface area (Å²) in [4.78, 5) is 24.8. The van der Waals surface area contributed by atoms with Gasteiger partial charge in [-0.05, 0) is 31.0 Å². The van der Waals surface area contributed by atoms with Crippen LogP contribution in [0.3, 0.4) is 0 Å². The van der Waals surface area contributed by atoms with E-state index in [0.29, 0.717) is 10.8 Å². The number of carbonyl (C=O) groups excluding carboxylic acids is 1. The molecule has 1 N–H and O–H groups in total. The predicted octanol–water partition coefficient (Wildman–Crippen LogP) is 3.21. The van der Waals surface area contributed by atoms with Crippen molar-refractivity contribution >= 4 is 32.6 Å². The quantitative estimate of drug-likeness (QED) is 0.806. The molecule has 0 aliphatic heterocycles. The van der Waals surface area contributed by atoms with E-state index in [1.807, 2.05) is 32.0 Å². The third kappa shape index (κ3) is 2.75. The van der Waals surface area contributed by atoms with Crippen LogP contribution in [0.4, 0.5) is 5.13 Å². The number of hydrogen-bond acceptors (Lipinski definition) is 5. The Labute approximate surface area is 126 Å². The number of rotatable bonds is 3. The molecule has 0 saturated heterocycles. The summed E-state index contributed by atoms with van der Waals surface area (Å²) in [7, 11) is 0. The Morgan fingerprint density at radius 1 is 1.33 bits per heavy atom. The minimum Gasteiger partial charge on any atom is -0.296 e. The molecular formula is C15H14N4OS. The second kappa shape index (κ2) is 5.57. The Morgan fingerprint density at radius 2 is 2.19 bits per heavy atom. The van der Waals surface area contributed by atoms with Gasteiger partial charge in [0, 0.05) is 5.69 Å². The molecule has 3 aromatic rings. The molecule has 3 rings (SSSR count). The van der Waals surface area contributed by atoms with E-state index >= 15 is 0 Å². The number of aromatic nitrogens is 3. The average Bonchev–Trinajstić information content (AvgIpc) is 2.91. The lowest BCUT2D eigenvalue weighted by atomic mass is 10.2. The Hall–Kier alpha value is -2.34. The van der Waals surface area contributed by atoms with Crippen molar-refractivity contribution in [1.82, 2.24) is 15.0 Å². The van der Waals surface area contributed by atoms with Gasteiger partial charge in [-0.15, -0.1) is 0 Å². The first kappa shape index (κ1) is 13.6. The molecule has 1 amide bonds. The molecule has 21 heavy (non-hydrogen) atoms. The monoisotopic (exact) mass is 298 g/mol. The van der Waals surface area contributed by atoms with Gasteiger partial charge in [0.25, 0.3) is 5.91 Å². The second-order valence-electron chi connectivity index (χ2n) is 4.64. The van der Waals surface area contributed by atoms with Gasteiger partial charge < -0.3 is 0 Å². The first-order valence-corrected chi connectivity index (χ1v) is 7.47. The van der Waals surface area contributed by atoms with Gasteiger partial charge in [0.05, 0.1) is 10.2 Å². The number of fused-ring (bicyclic) bond motifs is 1.